The number of hydrogen-bond acceptors (Lipinski definition) is 2. The van der Waals surface area contributed by atoms with Gasteiger partial charge in [0.1, 0.15) is 12.2 Å². The monoisotopic (exact) mass is 229 g/mol. The van der Waals surface area contributed by atoms with E-state index in [0.717, 1.165) is 18.5 Å². The molecule has 0 aliphatic heterocycles. The molecule has 1 aliphatic rings. The maximum absolute atomic E-state index is 12.5. The van der Waals surface area contributed by atoms with Gasteiger partial charge in [0.15, 0.2) is 0 Å². The largest absolute Gasteiger partial charge is 0.358 e. The molecule has 0 saturated heterocycles. The number of aromatic nitrogens is 2. The lowest BCUT2D eigenvalue weighted by Gasteiger charge is -2.04. The second-order valence-electron chi connectivity index (χ2n) is 3.90. The van der Waals surface area contributed by atoms with Gasteiger partial charge in [-0.15, -0.1) is 0 Å². The molecule has 1 amide bonds. The highest BCUT2D eigenvalue weighted by Gasteiger charge is 2.29. The van der Waals surface area contributed by atoms with E-state index in [0.29, 0.717) is 5.92 Å². The van der Waals surface area contributed by atoms with Crippen molar-refractivity contribution in [1.82, 2.24) is 15.1 Å². The minimum Gasteiger partial charge on any atom is -0.358 e. The van der Waals surface area contributed by atoms with E-state index in [9.17, 15) is 13.6 Å². The summed E-state index contributed by atoms with van der Waals surface area (Å²) in [5.41, 5.74) is 0.504. The number of amides is 1. The summed E-state index contributed by atoms with van der Waals surface area (Å²) in [7, 11) is 1.51. The van der Waals surface area contributed by atoms with Crippen molar-refractivity contribution in [3.63, 3.8) is 0 Å². The zero-order valence-electron chi connectivity index (χ0n) is 8.91. The standard InChI is InChI=1S/C10H13F2N3O/c1-13-9(16)5-15-8(6-2-3-6)4-7(14-15)10(11)12/h4,6,10H,2-3,5H2,1H3,(H,13,16). The topological polar surface area (TPSA) is 46.9 Å². The van der Waals surface area contributed by atoms with Crippen LogP contribution in [0.4, 0.5) is 8.78 Å². The lowest BCUT2D eigenvalue weighted by molar-refractivity contribution is -0.121. The summed E-state index contributed by atoms with van der Waals surface area (Å²) in [4.78, 5) is 11.2. The maximum Gasteiger partial charge on any atom is 0.282 e. The van der Waals surface area contributed by atoms with Crippen LogP contribution in [0, 0.1) is 0 Å². The summed E-state index contributed by atoms with van der Waals surface area (Å²) >= 11 is 0. The van der Waals surface area contributed by atoms with Gasteiger partial charge in [0.05, 0.1) is 0 Å². The van der Waals surface area contributed by atoms with E-state index in [4.69, 9.17) is 0 Å². The van der Waals surface area contributed by atoms with Crippen LogP contribution < -0.4 is 5.32 Å². The normalized spacial score (nSPS) is 15.5. The Morgan fingerprint density at radius 3 is 2.88 bits per heavy atom. The summed E-state index contributed by atoms with van der Waals surface area (Å²) in [6, 6.07) is 1.41. The Morgan fingerprint density at radius 2 is 2.38 bits per heavy atom. The Labute approximate surface area is 91.6 Å². The Morgan fingerprint density at radius 1 is 1.69 bits per heavy atom. The van der Waals surface area contributed by atoms with Gasteiger partial charge in [-0.2, -0.15) is 5.10 Å². The molecule has 4 nitrogen and oxygen atoms in total. The van der Waals surface area contributed by atoms with Crippen molar-refractivity contribution in [2.24, 2.45) is 0 Å². The van der Waals surface area contributed by atoms with Crippen LogP contribution in [0.2, 0.25) is 0 Å². The van der Waals surface area contributed by atoms with Crippen molar-refractivity contribution in [3.05, 3.63) is 17.5 Å². The number of hydrogen-bond donors (Lipinski definition) is 1. The summed E-state index contributed by atoms with van der Waals surface area (Å²) in [6.45, 7) is 0.00898. The molecule has 0 atom stereocenters. The molecule has 0 aromatic carbocycles. The van der Waals surface area contributed by atoms with Crippen LogP contribution in [-0.4, -0.2) is 22.7 Å². The van der Waals surface area contributed by atoms with Crippen LogP contribution in [0.5, 0.6) is 0 Å². The maximum atomic E-state index is 12.5. The first-order chi connectivity index (χ1) is 7.61. The molecule has 88 valence electrons. The molecule has 1 fully saturated rings. The van der Waals surface area contributed by atoms with Gasteiger partial charge in [-0.05, 0) is 18.9 Å². The van der Waals surface area contributed by atoms with Gasteiger partial charge in [-0.25, -0.2) is 8.78 Å². The highest BCUT2D eigenvalue weighted by Crippen LogP contribution is 2.41. The summed E-state index contributed by atoms with van der Waals surface area (Å²) < 4.78 is 26.4. The Balaban J connectivity index is 2.23. The Bertz CT molecular complexity index is 399. The summed E-state index contributed by atoms with van der Waals surface area (Å²) in [5.74, 6) is 0.0653. The molecule has 6 heteroatoms. The van der Waals surface area contributed by atoms with Gasteiger partial charge in [0.2, 0.25) is 5.91 Å². The molecule has 1 saturated carbocycles. The average molecular weight is 229 g/mol. The van der Waals surface area contributed by atoms with Gasteiger partial charge in [-0.3, -0.25) is 9.48 Å². The van der Waals surface area contributed by atoms with E-state index in [1.54, 1.807) is 0 Å². The predicted octanol–water partition coefficient (Wildman–Crippen LogP) is 1.44. The van der Waals surface area contributed by atoms with E-state index < -0.39 is 6.43 Å². The average Bonchev–Trinajstić information content (AvgIpc) is 3.00. The summed E-state index contributed by atoms with van der Waals surface area (Å²) in [6.07, 6.45) is -0.604. The Kier molecular flexibility index (Phi) is 2.89. The lowest BCUT2D eigenvalue weighted by atomic mass is 10.2. The number of nitrogens with zero attached hydrogens (tertiary/aromatic N) is 2. The number of halogens is 2. The SMILES string of the molecule is CNC(=O)Cn1nc(C(F)F)cc1C1CC1. The van der Waals surface area contributed by atoms with Crippen LogP contribution in [0.3, 0.4) is 0 Å². The zero-order valence-corrected chi connectivity index (χ0v) is 8.91. The van der Waals surface area contributed by atoms with Crippen molar-refractivity contribution in [3.8, 4) is 0 Å². The highest BCUT2D eigenvalue weighted by atomic mass is 19.3. The molecule has 1 aromatic heterocycles. The lowest BCUT2D eigenvalue weighted by Crippen LogP contribution is -2.25. The van der Waals surface area contributed by atoms with Gasteiger partial charge >= 0.3 is 0 Å². The molecule has 2 rings (SSSR count). The second kappa shape index (κ2) is 4.19. The van der Waals surface area contributed by atoms with E-state index in [1.807, 2.05) is 0 Å². The fraction of sp³-hybridized carbons (Fsp3) is 0.600. The van der Waals surface area contributed by atoms with Crippen molar-refractivity contribution in [2.75, 3.05) is 7.05 Å². The predicted molar refractivity (Wildman–Crippen MR) is 53.2 cm³/mol. The molecule has 1 aromatic rings. The smallest absolute Gasteiger partial charge is 0.282 e. The summed E-state index contributed by atoms with van der Waals surface area (Å²) in [5, 5.41) is 6.22. The zero-order chi connectivity index (χ0) is 11.7. The number of rotatable bonds is 4. The van der Waals surface area contributed by atoms with E-state index >= 15 is 0 Å². The van der Waals surface area contributed by atoms with Crippen LogP contribution in [0.15, 0.2) is 6.07 Å². The van der Waals surface area contributed by atoms with Crippen LogP contribution in [0.1, 0.15) is 36.6 Å². The number of likely N-dealkylation sites (N-methyl/N-ethyl adjacent to an activating group) is 1. The van der Waals surface area contributed by atoms with Crippen molar-refractivity contribution < 1.29 is 13.6 Å². The third kappa shape index (κ3) is 2.20. The minimum atomic E-state index is -2.58. The van der Waals surface area contributed by atoms with E-state index in [-0.39, 0.29) is 18.1 Å². The molecule has 0 bridgehead atoms. The molecule has 0 unspecified atom stereocenters. The van der Waals surface area contributed by atoms with Crippen molar-refractivity contribution in [2.45, 2.75) is 31.7 Å². The van der Waals surface area contributed by atoms with Gasteiger partial charge < -0.3 is 5.32 Å². The minimum absolute atomic E-state index is 0.00898. The van der Waals surface area contributed by atoms with Gasteiger partial charge in [0, 0.05) is 18.7 Å². The molecular weight excluding hydrogens is 216 g/mol. The highest BCUT2D eigenvalue weighted by molar-refractivity contribution is 5.75. The Hall–Kier alpha value is -1.46. The van der Waals surface area contributed by atoms with Crippen LogP contribution >= 0.6 is 0 Å². The first-order valence-corrected chi connectivity index (χ1v) is 5.18. The van der Waals surface area contributed by atoms with Crippen molar-refractivity contribution >= 4 is 5.91 Å². The second-order valence-corrected chi connectivity index (χ2v) is 3.90. The first kappa shape index (κ1) is 11.0. The molecule has 0 spiro atoms. The third-order valence-electron chi connectivity index (χ3n) is 2.62. The van der Waals surface area contributed by atoms with E-state index in [1.165, 1.54) is 17.8 Å². The third-order valence-corrected chi connectivity index (χ3v) is 2.62. The van der Waals surface area contributed by atoms with Crippen LogP contribution in [-0.2, 0) is 11.3 Å². The quantitative estimate of drug-likeness (QED) is 0.849. The first-order valence-electron chi connectivity index (χ1n) is 5.18. The fourth-order valence-electron chi connectivity index (χ4n) is 1.61. The number of carbonyl (C=O) groups excluding carboxylic acids is 1. The van der Waals surface area contributed by atoms with E-state index in [2.05, 4.69) is 10.4 Å². The molecule has 1 N–H and O–H groups in total. The number of alkyl halides is 2. The molecule has 1 aliphatic carbocycles. The van der Waals surface area contributed by atoms with Crippen molar-refractivity contribution in [1.29, 1.82) is 0 Å². The van der Waals surface area contributed by atoms with Gasteiger partial charge in [-0.1, -0.05) is 0 Å². The molecular formula is C10H13F2N3O. The molecule has 16 heavy (non-hydrogen) atoms. The number of nitrogens with one attached hydrogen (secondary N) is 1. The van der Waals surface area contributed by atoms with Gasteiger partial charge in [0.25, 0.3) is 6.43 Å². The fourth-order valence-corrected chi connectivity index (χ4v) is 1.61. The molecule has 1 heterocycles. The molecule has 0 radical (unpaired) electrons. The number of carbonyl (C=O) groups is 1. The van der Waals surface area contributed by atoms with Crippen LogP contribution in [0.25, 0.3) is 0 Å².